The lowest BCUT2D eigenvalue weighted by Crippen LogP contribution is -2.77. The van der Waals surface area contributed by atoms with Gasteiger partial charge in [0.2, 0.25) is 0 Å². The summed E-state index contributed by atoms with van der Waals surface area (Å²) in [4.78, 5) is 26.8. The summed E-state index contributed by atoms with van der Waals surface area (Å²) in [5.74, 6) is -5.72. The first-order valence-electron chi connectivity index (χ1n) is 18.6. The van der Waals surface area contributed by atoms with Crippen molar-refractivity contribution in [2.24, 2.45) is 35.5 Å². The van der Waals surface area contributed by atoms with Crippen LogP contribution in [0.25, 0.3) is 0 Å². The predicted molar refractivity (Wildman–Crippen MR) is 177 cm³/mol. The third-order valence-corrected chi connectivity index (χ3v) is 14.0. The number of aliphatic hydroxyl groups is 3. The number of hydrogen-bond acceptors (Lipinski definition) is 11. The molecule has 3 N–H and O–H groups in total. The minimum absolute atomic E-state index is 0.00137. The Bertz CT molecular complexity index is 1550. The highest BCUT2D eigenvalue weighted by Crippen LogP contribution is 2.76. The van der Waals surface area contributed by atoms with Crippen LogP contribution in [0.1, 0.15) is 89.9 Å². The maximum Gasteiger partial charge on any atom is 0.338 e. The molecular formula is C39H52O11. The number of aliphatic hydroxyl groups excluding tert-OH is 2. The largest absolute Gasteiger partial charge is 0.459 e. The third kappa shape index (κ3) is 4.28. The summed E-state index contributed by atoms with van der Waals surface area (Å²) in [6.07, 6.45) is 0.510. The molecule has 4 aliphatic heterocycles. The Morgan fingerprint density at radius 2 is 1.64 bits per heavy atom. The summed E-state index contributed by atoms with van der Waals surface area (Å²) < 4.78 is 40.5. The molecule has 3 bridgehead atoms. The number of epoxide rings is 1. The van der Waals surface area contributed by atoms with Gasteiger partial charge in [0.1, 0.15) is 41.7 Å². The fourth-order valence-corrected chi connectivity index (χ4v) is 12.0. The topological polar surface area (TPSA) is 154 Å². The van der Waals surface area contributed by atoms with Crippen molar-refractivity contribution in [2.75, 3.05) is 6.61 Å². The lowest BCUT2D eigenvalue weighted by atomic mass is 9.50. The van der Waals surface area contributed by atoms with Crippen LogP contribution in [0.4, 0.5) is 0 Å². The van der Waals surface area contributed by atoms with E-state index in [1.54, 1.807) is 30.3 Å². The zero-order chi connectivity index (χ0) is 35.6. The minimum atomic E-state index is -2.16. The van der Waals surface area contributed by atoms with E-state index in [4.69, 9.17) is 28.4 Å². The van der Waals surface area contributed by atoms with Crippen molar-refractivity contribution in [1.29, 1.82) is 0 Å². The van der Waals surface area contributed by atoms with Gasteiger partial charge in [-0.05, 0) is 48.8 Å². The van der Waals surface area contributed by atoms with Crippen molar-refractivity contribution in [3.05, 3.63) is 48.0 Å². The Morgan fingerprint density at radius 3 is 2.32 bits per heavy atom. The summed E-state index contributed by atoms with van der Waals surface area (Å²) in [5, 5.41) is 37.4. The second-order valence-electron chi connectivity index (χ2n) is 16.5. The summed E-state index contributed by atoms with van der Waals surface area (Å²) in [7, 11) is 0. The number of hydrogen-bond donors (Lipinski definition) is 3. The quantitative estimate of drug-likeness (QED) is 0.232. The molecule has 0 amide bonds. The fourth-order valence-electron chi connectivity index (χ4n) is 12.0. The van der Waals surface area contributed by atoms with Crippen molar-refractivity contribution in [1.82, 2.24) is 0 Å². The van der Waals surface area contributed by atoms with Gasteiger partial charge in [-0.15, -0.1) is 0 Å². The van der Waals surface area contributed by atoms with E-state index < -0.39 is 101 Å². The van der Waals surface area contributed by atoms with Crippen LogP contribution in [0.15, 0.2) is 42.5 Å². The molecule has 1 aromatic carbocycles. The molecule has 8 rings (SSSR count). The smallest absolute Gasteiger partial charge is 0.338 e. The molecule has 1 aromatic rings. The van der Waals surface area contributed by atoms with Crippen molar-refractivity contribution >= 4 is 11.9 Å². The van der Waals surface area contributed by atoms with E-state index in [2.05, 4.69) is 13.5 Å². The molecule has 1 unspecified atom stereocenters. The van der Waals surface area contributed by atoms with E-state index in [1.165, 1.54) is 6.92 Å². The first kappa shape index (κ1) is 34.7. The molecule has 0 radical (unpaired) electrons. The lowest BCUT2D eigenvalue weighted by Gasteiger charge is -2.63. The van der Waals surface area contributed by atoms with Gasteiger partial charge in [0, 0.05) is 31.1 Å². The molecule has 50 heavy (non-hydrogen) atoms. The Balaban J connectivity index is 1.40. The summed E-state index contributed by atoms with van der Waals surface area (Å²) in [6, 6.07) is 8.59. The number of rotatable bonds is 5. The molecule has 16 atom stereocenters. The van der Waals surface area contributed by atoms with Crippen molar-refractivity contribution in [2.45, 2.75) is 138 Å². The summed E-state index contributed by atoms with van der Waals surface area (Å²) in [5.41, 5.74) is -5.58. The molecular weight excluding hydrogens is 644 g/mol. The van der Waals surface area contributed by atoms with E-state index in [-0.39, 0.29) is 11.8 Å². The molecule has 3 aliphatic carbocycles. The molecule has 7 fully saturated rings. The van der Waals surface area contributed by atoms with Gasteiger partial charge in [0.05, 0.1) is 17.8 Å². The average Bonchev–Trinajstić information content (AvgIpc) is 3.71. The van der Waals surface area contributed by atoms with Crippen LogP contribution in [0.5, 0.6) is 0 Å². The monoisotopic (exact) mass is 696 g/mol. The number of fused-ring (bicyclic) bond motifs is 1. The first-order chi connectivity index (χ1) is 23.7. The predicted octanol–water partition coefficient (Wildman–Crippen LogP) is 4.06. The van der Waals surface area contributed by atoms with Crippen LogP contribution in [-0.2, 0) is 33.2 Å². The van der Waals surface area contributed by atoms with Crippen molar-refractivity contribution < 1.29 is 53.3 Å². The standard InChI is InChI=1S/C39H52O11/c1-20(2)38-30(45-24(6)41)23(5)39-27-31-35(19-40,47-31)34(43)37(44)28(39)26(22(4)29(37)46-33(42)25-16-12-10-13-17-25)21(3)15-11-8-7-9-14-18-36(49-38,50-39)48-32(27)38/h10,12-13,16-17,21-23,26-32,34,40,43-44H,1,7-9,11,14-15,18-19H2,2-6H3/t21-,22+,23-,26+,27+,28-,29+,30-,31+,32-,34-,35+,36?,37-,38-,39-/m1/s1. The molecule has 7 aliphatic rings. The minimum Gasteiger partial charge on any atom is -0.459 e. The van der Waals surface area contributed by atoms with Gasteiger partial charge >= 0.3 is 11.9 Å². The van der Waals surface area contributed by atoms with Crippen LogP contribution in [-0.4, -0.2) is 92.8 Å². The molecule has 11 nitrogen and oxygen atoms in total. The molecule has 274 valence electrons. The molecule has 4 heterocycles. The molecule has 3 saturated carbocycles. The van der Waals surface area contributed by atoms with Crippen LogP contribution in [0.2, 0.25) is 0 Å². The number of carbonyl (C=O) groups is 2. The van der Waals surface area contributed by atoms with Gasteiger partial charge < -0.3 is 43.7 Å². The van der Waals surface area contributed by atoms with Crippen molar-refractivity contribution in [3.63, 3.8) is 0 Å². The van der Waals surface area contributed by atoms with E-state index in [1.807, 2.05) is 20.8 Å². The van der Waals surface area contributed by atoms with Gasteiger partial charge in [0.25, 0.3) is 5.97 Å². The molecule has 4 saturated heterocycles. The van der Waals surface area contributed by atoms with Gasteiger partial charge in [0.15, 0.2) is 5.60 Å². The second kappa shape index (κ2) is 11.6. The second-order valence-corrected chi connectivity index (χ2v) is 16.5. The van der Waals surface area contributed by atoms with Crippen LogP contribution < -0.4 is 0 Å². The van der Waals surface area contributed by atoms with Gasteiger partial charge in [-0.25, -0.2) is 4.79 Å². The SMILES string of the molecule is C=C(C)[C@]12OC34CCCCCCC[C@@H](C)[C@H]5[C@H](C)[C@H](OC(=O)c6ccccc6)[C@@]6(O)[C@H](O)[C@@]7(CO)O[C@H]7[C@@H]([C@H]1O3)[C@](O4)([C@H](C)[C@H]2OC(C)=O)[C@H]56. The highest BCUT2D eigenvalue weighted by molar-refractivity contribution is 5.89. The van der Waals surface area contributed by atoms with Gasteiger partial charge in [-0.2, -0.15) is 0 Å². The number of carbonyl (C=O) groups excluding carboxylic acids is 2. The maximum absolute atomic E-state index is 13.9. The van der Waals surface area contributed by atoms with E-state index >= 15 is 0 Å². The maximum atomic E-state index is 13.9. The Kier molecular flexibility index (Phi) is 8.02. The number of benzene rings is 1. The normalized spacial score (nSPS) is 51.6. The number of esters is 2. The first-order valence-corrected chi connectivity index (χ1v) is 18.6. The molecule has 11 heteroatoms. The Morgan fingerprint density at radius 1 is 0.940 bits per heavy atom. The van der Waals surface area contributed by atoms with Gasteiger partial charge in [-0.1, -0.05) is 77.7 Å². The average molecular weight is 697 g/mol. The highest BCUT2D eigenvalue weighted by atomic mass is 16.9. The molecule has 0 aromatic heterocycles. The fraction of sp³-hybridized carbons (Fsp3) is 0.744. The molecule has 2 spiro atoms. The van der Waals surface area contributed by atoms with Crippen LogP contribution in [0.3, 0.4) is 0 Å². The van der Waals surface area contributed by atoms with E-state index in [9.17, 15) is 24.9 Å². The summed E-state index contributed by atoms with van der Waals surface area (Å²) >= 11 is 0. The zero-order valence-corrected chi connectivity index (χ0v) is 29.7. The van der Waals surface area contributed by atoms with Crippen molar-refractivity contribution in [3.8, 4) is 0 Å². The van der Waals surface area contributed by atoms with E-state index in [0.29, 0.717) is 17.6 Å². The van der Waals surface area contributed by atoms with Crippen LogP contribution in [0, 0.1) is 35.5 Å². The Labute approximate surface area is 293 Å². The summed E-state index contributed by atoms with van der Waals surface area (Å²) in [6.45, 7) is 13.0. The van der Waals surface area contributed by atoms with E-state index in [0.717, 1.165) is 38.5 Å². The number of ether oxygens (including phenoxy) is 6. The zero-order valence-electron chi connectivity index (χ0n) is 29.7. The van der Waals surface area contributed by atoms with Crippen LogP contribution >= 0.6 is 0 Å². The Hall–Kier alpha value is -2.38. The highest BCUT2D eigenvalue weighted by Gasteiger charge is 2.92. The lowest BCUT2D eigenvalue weighted by molar-refractivity contribution is -0.439. The van der Waals surface area contributed by atoms with Gasteiger partial charge in [-0.3, -0.25) is 4.79 Å². The third-order valence-electron chi connectivity index (χ3n) is 14.0.